The summed E-state index contributed by atoms with van der Waals surface area (Å²) in [7, 11) is 0. The van der Waals surface area contributed by atoms with E-state index in [2.05, 4.69) is 39.4 Å². The van der Waals surface area contributed by atoms with Gasteiger partial charge in [0.25, 0.3) is 0 Å². The van der Waals surface area contributed by atoms with Crippen molar-refractivity contribution >= 4 is 28.7 Å². The largest absolute Gasteiger partial charge is 0.354 e. The Bertz CT molecular complexity index is 986. The van der Waals surface area contributed by atoms with Gasteiger partial charge in [0.1, 0.15) is 5.69 Å². The first kappa shape index (κ1) is 18.3. The number of fused-ring (bicyclic) bond motifs is 1. The van der Waals surface area contributed by atoms with E-state index < -0.39 is 0 Å². The molecule has 3 aromatic rings. The highest BCUT2D eigenvalue weighted by atomic mass is 32.1. The van der Waals surface area contributed by atoms with Crippen molar-refractivity contribution < 1.29 is 4.79 Å². The SMILES string of the molecule is O=C(C1CCCN(c2ccc(-c3cccs3)nn2)C1)N1CCCc2ccccc21. The summed E-state index contributed by atoms with van der Waals surface area (Å²) in [4.78, 5) is 18.7. The van der Waals surface area contributed by atoms with Gasteiger partial charge in [0.05, 0.1) is 10.8 Å². The number of thiophene rings is 1. The zero-order valence-corrected chi connectivity index (χ0v) is 17.1. The Hall–Kier alpha value is -2.73. The number of anilines is 2. The van der Waals surface area contributed by atoms with Crippen molar-refractivity contribution in [2.75, 3.05) is 29.4 Å². The molecule has 29 heavy (non-hydrogen) atoms. The van der Waals surface area contributed by atoms with Crippen LogP contribution in [0.25, 0.3) is 10.6 Å². The number of hydrogen-bond donors (Lipinski definition) is 0. The van der Waals surface area contributed by atoms with E-state index in [0.29, 0.717) is 6.54 Å². The van der Waals surface area contributed by atoms with Gasteiger partial charge in [-0.2, -0.15) is 0 Å². The minimum absolute atomic E-state index is 0.00804. The van der Waals surface area contributed by atoms with E-state index in [1.54, 1.807) is 11.3 Å². The maximum atomic E-state index is 13.4. The summed E-state index contributed by atoms with van der Waals surface area (Å²) in [5.41, 5.74) is 3.29. The Labute approximate surface area is 175 Å². The van der Waals surface area contributed by atoms with Crippen LogP contribution in [0.4, 0.5) is 11.5 Å². The van der Waals surface area contributed by atoms with Crippen molar-refractivity contribution in [2.45, 2.75) is 25.7 Å². The molecule has 0 N–H and O–H groups in total. The predicted molar refractivity (Wildman–Crippen MR) is 117 cm³/mol. The maximum absolute atomic E-state index is 13.4. The molecule has 0 spiro atoms. The van der Waals surface area contributed by atoms with Crippen LogP contribution in [0.3, 0.4) is 0 Å². The summed E-state index contributed by atoms with van der Waals surface area (Å²) < 4.78 is 0. The second-order valence-electron chi connectivity index (χ2n) is 7.76. The number of hydrogen-bond acceptors (Lipinski definition) is 5. The standard InChI is InChI=1S/C23H24N4OS/c28-23(27-14-4-7-17-6-1-2-9-20(17)27)18-8-3-13-26(16-18)22-12-11-19(24-25-22)21-10-5-15-29-21/h1-2,5-6,9-12,15,18H,3-4,7-8,13-14,16H2. The summed E-state index contributed by atoms with van der Waals surface area (Å²) in [5.74, 6) is 1.13. The van der Waals surface area contributed by atoms with Crippen LogP contribution in [0.1, 0.15) is 24.8 Å². The molecule has 5 rings (SSSR count). The first-order chi connectivity index (χ1) is 14.3. The Morgan fingerprint density at radius 3 is 2.76 bits per heavy atom. The molecule has 2 aliphatic rings. The van der Waals surface area contributed by atoms with Crippen molar-refractivity contribution in [3.8, 4) is 10.6 Å². The summed E-state index contributed by atoms with van der Waals surface area (Å²) in [5, 5.41) is 10.9. The van der Waals surface area contributed by atoms with Crippen molar-refractivity contribution in [3.63, 3.8) is 0 Å². The molecule has 1 fully saturated rings. The van der Waals surface area contributed by atoms with Crippen LogP contribution in [0.5, 0.6) is 0 Å². The van der Waals surface area contributed by atoms with Gasteiger partial charge in [-0.05, 0) is 60.9 Å². The lowest BCUT2D eigenvalue weighted by molar-refractivity contribution is -0.122. The first-order valence-electron chi connectivity index (χ1n) is 10.3. The Balaban J connectivity index is 1.31. The van der Waals surface area contributed by atoms with Crippen LogP contribution < -0.4 is 9.80 Å². The monoisotopic (exact) mass is 404 g/mol. The molecule has 0 bridgehead atoms. The van der Waals surface area contributed by atoms with E-state index >= 15 is 0 Å². The summed E-state index contributed by atoms with van der Waals surface area (Å²) >= 11 is 1.67. The molecule has 4 heterocycles. The van der Waals surface area contributed by atoms with E-state index in [9.17, 15) is 4.79 Å². The molecule has 0 saturated carbocycles. The predicted octanol–water partition coefficient (Wildman–Crippen LogP) is 4.40. The fourth-order valence-corrected chi connectivity index (χ4v) is 5.11. The van der Waals surface area contributed by atoms with E-state index in [1.165, 1.54) is 5.56 Å². The molecule has 5 nitrogen and oxygen atoms in total. The molecule has 1 atom stereocenters. The molecule has 148 valence electrons. The Morgan fingerprint density at radius 2 is 1.93 bits per heavy atom. The molecular formula is C23H24N4OS. The number of aromatic nitrogens is 2. The highest BCUT2D eigenvalue weighted by Gasteiger charge is 2.32. The average Bonchev–Trinajstić information content (AvgIpc) is 3.33. The molecular weight excluding hydrogens is 380 g/mol. The third kappa shape index (κ3) is 3.65. The van der Waals surface area contributed by atoms with E-state index in [4.69, 9.17) is 0 Å². The number of piperidine rings is 1. The second-order valence-corrected chi connectivity index (χ2v) is 8.71. The van der Waals surface area contributed by atoms with Gasteiger partial charge in [-0.25, -0.2) is 0 Å². The van der Waals surface area contributed by atoms with Crippen molar-refractivity contribution in [1.29, 1.82) is 0 Å². The van der Waals surface area contributed by atoms with Gasteiger partial charge < -0.3 is 9.80 Å². The summed E-state index contributed by atoms with van der Waals surface area (Å²) in [6.45, 7) is 2.46. The topological polar surface area (TPSA) is 49.3 Å². The summed E-state index contributed by atoms with van der Waals surface area (Å²) in [6.07, 6.45) is 4.03. The van der Waals surface area contributed by atoms with E-state index in [0.717, 1.165) is 60.8 Å². The van der Waals surface area contributed by atoms with Gasteiger partial charge >= 0.3 is 0 Å². The molecule has 1 amide bonds. The number of rotatable bonds is 3. The van der Waals surface area contributed by atoms with Crippen LogP contribution in [0.2, 0.25) is 0 Å². The zero-order chi connectivity index (χ0) is 19.6. The third-order valence-corrected chi connectivity index (χ3v) is 6.79. The van der Waals surface area contributed by atoms with Gasteiger partial charge in [0.2, 0.25) is 5.91 Å². The maximum Gasteiger partial charge on any atom is 0.231 e. The van der Waals surface area contributed by atoms with Crippen LogP contribution in [0, 0.1) is 5.92 Å². The van der Waals surface area contributed by atoms with Crippen molar-refractivity contribution in [1.82, 2.24) is 10.2 Å². The fourth-order valence-electron chi connectivity index (χ4n) is 4.42. The summed E-state index contributed by atoms with van der Waals surface area (Å²) in [6, 6.07) is 16.5. The minimum Gasteiger partial charge on any atom is -0.354 e. The number of aryl methyl sites for hydroxylation is 1. The second kappa shape index (κ2) is 7.95. The van der Waals surface area contributed by atoms with Gasteiger partial charge in [-0.3, -0.25) is 4.79 Å². The van der Waals surface area contributed by atoms with Gasteiger partial charge in [-0.1, -0.05) is 24.3 Å². The molecule has 1 aromatic carbocycles. The quantitative estimate of drug-likeness (QED) is 0.649. The number of amides is 1. The highest BCUT2D eigenvalue weighted by molar-refractivity contribution is 7.13. The van der Waals surface area contributed by atoms with Gasteiger partial charge in [-0.15, -0.1) is 21.5 Å². The van der Waals surface area contributed by atoms with Crippen molar-refractivity contribution in [2.24, 2.45) is 5.92 Å². The number of benzene rings is 1. The lowest BCUT2D eigenvalue weighted by Gasteiger charge is -2.37. The van der Waals surface area contributed by atoms with E-state index in [-0.39, 0.29) is 11.8 Å². The first-order valence-corrected chi connectivity index (χ1v) is 11.2. The van der Waals surface area contributed by atoms with Crippen LogP contribution in [-0.2, 0) is 11.2 Å². The van der Waals surface area contributed by atoms with E-state index in [1.807, 2.05) is 34.5 Å². The van der Waals surface area contributed by atoms with Crippen LogP contribution in [0.15, 0.2) is 53.9 Å². The number of nitrogens with zero attached hydrogens (tertiary/aromatic N) is 4. The lowest BCUT2D eigenvalue weighted by Crippen LogP contribution is -2.46. The van der Waals surface area contributed by atoms with Crippen LogP contribution >= 0.6 is 11.3 Å². The van der Waals surface area contributed by atoms with Crippen molar-refractivity contribution in [3.05, 3.63) is 59.5 Å². The number of para-hydroxylation sites is 1. The lowest BCUT2D eigenvalue weighted by atomic mass is 9.94. The molecule has 2 aromatic heterocycles. The van der Waals surface area contributed by atoms with Gasteiger partial charge in [0.15, 0.2) is 5.82 Å². The normalized spacial score (nSPS) is 19.1. The third-order valence-electron chi connectivity index (χ3n) is 5.89. The molecule has 2 aliphatic heterocycles. The molecule has 1 unspecified atom stereocenters. The zero-order valence-electron chi connectivity index (χ0n) is 16.3. The minimum atomic E-state index is 0.00804. The molecule has 0 aliphatic carbocycles. The molecule has 1 saturated heterocycles. The number of carbonyl (C=O) groups is 1. The highest BCUT2D eigenvalue weighted by Crippen LogP contribution is 2.31. The number of carbonyl (C=O) groups excluding carboxylic acids is 1. The molecule has 6 heteroatoms. The molecule has 0 radical (unpaired) electrons. The Morgan fingerprint density at radius 1 is 1.00 bits per heavy atom. The van der Waals surface area contributed by atoms with Gasteiger partial charge in [0, 0.05) is 25.3 Å². The Kier molecular flexibility index (Phi) is 5.02. The average molecular weight is 405 g/mol. The fraction of sp³-hybridized carbons (Fsp3) is 0.348. The smallest absolute Gasteiger partial charge is 0.231 e. The van der Waals surface area contributed by atoms with Crippen LogP contribution in [-0.4, -0.2) is 35.7 Å².